The quantitative estimate of drug-likeness (QED) is 0.137. The maximum absolute atomic E-state index is 14.6. The van der Waals surface area contributed by atoms with Crippen molar-refractivity contribution in [1.29, 1.82) is 0 Å². The molecule has 9 heteroatoms. The van der Waals surface area contributed by atoms with Crippen molar-refractivity contribution in [3.8, 4) is 0 Å². The number of aromatic amines is 1. The third kappa shape index (κ3) is 6.85. The zero-order valence-corrected chi connectivity index (χ0v) is 28.9. The van der Waals surface area contributed by atoms with Crippen LogP contribution in [-0.4, -0.2) is 47.0 Å². The van der Waals surface area contributed by atoms with E-state index in [9.17, 15) is 4.79 Å². The van der Waals surface area contributed by atoms with Gasteiger partial charge < -0.3 is 25.4 Å². The molecule has 6 rings (SSSR count). The Morgan fingerprint density at radius 1 is 1.02 bits per heavy atom. The zero-order valence-electron chi connectivity index (χ0n) is 27.4. The predicted octanol–water partition coefficient (Wildman–Crippen LogP) is 9.41. The molecule has 1 saturated heterocycles. The van der Waals surface area contributed by atoms with Crippen molar-refractivity contribution in [3.63, 3.8) is 0 Å². The molecule has 5 aromatic rings. The first kappa shape index (κ1) is 33.3. The van der Waals surface area contributed by atoms with Gasteiger partial charge in [-0.1, -0.05) is 78.3 Å². The van der Waals surface area contributed by atoms with Crippen molar-refractivity contribution < 1.29 is 4.79 Å². The number of hydrogen-bond acceptors (Lipinski definition) is 5. The van der Waals surface area contributed by atoms with Gasteiger partial charge in [-0.2, -0.15) is 0 Å². The van der Waals surface area contributed by atoms with Gasteiger partial charge in [0.25, 0.3) is 5.91 Å². The summed E-state index contributed by atoms with van der Waals surface area (Å²) in [6.45, 7) is 10.2. The second-order valence-corrected chi connectivity index (χ2v) is 13.0. The summed E-state index contributed by atoms with van der Waals surface area (Å²) in [5, 5.41) is 8.71. The third-order valence-electron chi connectivity index (χ3n) is 9.25. The Bertz CT molecular complexity index is 1940. The number of halogens is 2. The molecule has 0 aliphatic carbocycles. The highest BCUT2D eigenvalue weighted by Gasteiger charge is 2.29. The molecule has 0 bridgehead atoms. The molecule has 0 radical (unpaired) electrons. The van der Waals surface area contributed by atoms with Crippen molar-refractivity contribution in [3.05, 3.63) is 136 Å². The van der Waals surface area contributed by atoms with Crippen molar-refractivity contribution in [2.75, 3.05) is 30.4 Å². The second kappa shape index (κ2) is 14.7. The van der Waals surface area contributed by atoms with Crippen LogP contribution in [0.2, 0.25) is 10.0 Å². The number of amides is 1. The number of fused-ring (bicyclic) bond motifs is 1. The summed E-state index contributed by atoms with van der Waals surface area (Å²) < 4.78 is 0. The molecule has 0 spiro atoms. The number of benzene rings is 3. The van der Waals surface area contributed by atoms with E-state index in [1.165, 1.54) is 0 Å². The molecule has 3 N–H and O–H groups in total. The van der Waals surface area contributed by atoms with Crippen LogP contribution >= 0.6 is 23.2 Å². The number of rotatable bonds is 10. The Morgan fingerprint density at radius 2 is 1.73 bits per heavy atom. The van der Waals surface area contributed by atoms with Gasteiger partial charge >= 0.3 is 0 Å². The highest BCUT2D eigenvalue weighted by molar-refractivity contribution is 6.31. The minimum atomic E-state index is -0.279. The molecular weight excluding hydrogens is 639 g/mol. The van der Waals surface area contributed by atoms with Crippen LogP contribution in [0.25, 0.3) is 22.2 Å². The zero-order chi connectivity index (χ0) is 33.8. The van der Waals surface area contributed by atoms with E-state index in [4.69, 9.17) is 28.2 Å². The lowest BCUT2D eigenvalue weighted by molar-refractivity contribution is 0.102. The number of pyridine rings is 1. The maximum Gasteiger partial charge on any atom is 0.272 e. The number of nitrogens with zero attached hydrogens (tertiary/aromatic N) is 3. The van der Waals surface area contributed by atoms with E-state index in [1.807, 2.05) is 86.0 Å². The Morgan fingerprint density at radius 3 is 2.42 bits per heavy atom. The van der Waals surface area contributed by atoms with Gasteiger partial charge in [-0.05, 0) is 93.0 Å². The molecule has 1 unspecified atom stereocenters. The van der Waals surface area contributed by atoms with Crippen molar-refractivity contribution in [2.45, 2.75) is 38.8 Å². The molecule has 3 heterocycles. The first-order chi connectivity index (χ1) is 23.3. The lowest BCUT2D eigenvalue weighted by atomic mass is 9.95. The molecule has 1 atom stereocenters. The molecule has 246 valence electrons. The second-order valence-electron chi connectivity index (χ2n) is 12.1. The minimum absolute atomic E-state index is 0.146. The van der Waals surface area contributed by atoms with Gasteiger partial charge in [0.05, 0.1) is 17.4 Å². The highest BCUT2D eigenvalue weighted by Crippen LogP contribution is 2.41. The standard InChI is InChI=1S/C39H40Cl2N6O/c1-5-47(26(3)28-13-15-29(40)16-14-28)37(25(2)27-10-7-6-8-11-27)35-32-18-17-30(41)24-34(32)44-36(35)39(48)45-33-12-9-21-43-38(33)46-22-19-31(42-4)20-23-46/h5-18,21,24,26,31,42,44H,1,19-20,22-23H2,2-4H3,(H,45,48)/b37-25+. The first-order valence-corrected chi connectivity index (χ1v) is 17.0. The molecule has 2 aromatic heterocycles. The fourth-order valence-electron chi connectivity index (χ4n) is 6.58. The van der Waals surface area contributed by atoms with Gasteiger partial charge in [0.2, 0.25) is 0 Å². The van der Waals surface area contributed by atoms with Crippen molar-refractivity contribution >= 4 is 62.8 Å². The average molecular weight is 680 g/mol. The van der Waals surface area contributed by atoms with Crippen LogP contribution < -0.4 is 15.5 Å². The monoisotopic (exact) mass is 678 g/mol. The minimum Gasteiger partial charge on any atom is -0.355 e. The van der Waals surface area contributed by atoms with E-state index in [0.717, 1.165) is 70.6 Å². The SMILES string of the molecule is C=CN(/C(=C(\C)c1ccccc1)c1c(C(=O)Nc2cccnc2N2CCC(NC)CC2)[nH]c2cc(Cl)ccc12)C(C)c1ccc(Cl)cc1. The molecule has 1 amide bonds. The number of aromatic nitrogens is 2. The van der Waals surface area contributed by atoms with Crippen LogP contribution in [0, 0.1) is 0 Å². The summed E-state index contributed by atoms with van der Waals surface area (Å²) in [5.74, 6) is 0.486. The van der Waals surface area contributed by atoms with Gasteiger partial charge in [0.15, 0.2) is 5.82 Å². The summed E-state index contributed by atoms with van der Waals surface area (Å²) in [6, 6.07) is 27.8. The summed E-state index contributed by atoms with van der Waals surface area (Å²) in [6.07, 6.45) is 5.61. The van der Waals surface area contributed by atoms with E-state index in [1.54, 1.807) is 6.20 Å². The summed E-state index contributed by atoms with van der Waals surface area (Å²) >= 11 is 12.8. The van der Waals surface area contributed by atoms with Crippen LogP contribution in [0.5, 0.6) is 0 Å². The number of nitrogens with one attached hydrogen (secondary N) is 3. The van der Waals surface area contributed by atoms with E-state index >= 15 is 0 Å². The Hall–Kier alpha value is -4.56. The number of H-pyrrole nitrogens is 1. The van der Waals surface area contributed by atoms with Crippen molar-refractivity contribution in [2.24, 2.45) is 0 Å². The Kier molecular flexibility index (Phi) is 10.2. The lowest BCUT2D eigenvalue weighted by Crippen LogP contribution is -2.41. The van der Waals surface area contributed by atoms with Crippen LogP contribution in [0.4, 0.5) is 11.5 Å². The summed E-state index contributed by atoms with van der Waals surface area (Å²) in [5.41, 5.74) is 6.48. The summed E-state index contributed by atoms with van der Waals surface area (Å²) in [7, 11) is 2.00. The summed E-state index contributed by atoms with van der Waals surface area (Å²) in [4.78, 5) is 27.1. The van der Waals surface area contributed by atoms with E-state index in [-0.39, 0.29) is 11.9 Å². The topological polar surface area (TPSA) is 76.3 Å². The molecule has 48 heavy (non-hydrogen) atoms. The third-order valence-corrected chi connectivity index (χ3v) is 9.74. The number of anilines is 2. The largest absolute Gasteiger partial charge is 0.355 e. The molecule has 3 aromatic carbocycles. The van der Waals surface area contributed by atoms with Crippen LogP contribution in [0.15, 0.2) is 104 Å². The van der Waals surface area contributed by atoms with Crippen molar-refractivity contribution in [1.82, 2.24) is 20.2 Å². The lowest BCUT2D eigenvalue weighted by Gasteiger charge is -2.33. The van der Waals surface area contributed by atoms with Gasteiger partial charge in [-0.25, -0.2) is 4.98 Å². The van der Waals surface area contributed by atoms with Gasteiger partial charge in [0, 0.05) is 51.8 Å². The number of hydrogen-bond donors (Lipinski definition) is 3. The molecule has 0 saturated carbocycles. The average Bonchev–Trinajstić information content (AvgIpc) is 3.49. The van der Waals surface area contributed by atoms with E-state index < -0.39 is 0 Å². The smallest absolute Gasteiger partial charge is 0.272 e. The normalized spacial score (nSPS) is 14.8. The van der Waals surface area contributed by atoms with Crippen LogP contribution in [0.3, 0.4) is 0 Å². The number of carbonyl (C=O) groups excluding carboxylic acids is 1. The van der Waals surface area contributed by atoms with Crippen LogP contribution in [-0.2, 0) is 0 Å². The molecule has 1 aliphatic heterocycles. The molecule has 7 nitrogen and oxygen atoms in total. The molecule has 1 aliphatic rings. The fourth-order valence-corrected chi connectivity index (χ4v) is 6.88. The van der Waals surface area contributed by atoms with Crippen LogP contribution in [0.1, 0.15) is 59.9 Å². The van der Waals surface area contributed by atoms with E-state index in [2.05, 4.69) is 58.0 Å². The van der Waals surface area contributed by atoms with Gasteiger partial charge in [-0.3, -0.25) is 4.79 Å². The van der Waals surface area contributed by atoms with Gasteiger partial charge in [-0.15, -0.1) is 0 Å². The number of carbonyl (C=O) groups is 1. The van der Waals surface area contributed by atoms with E-state index in [0.29, 0.717) is 27.5 Å². The number of piperidine rings is 1. The first-order valence-electron chi connectivity index (χ1n) is 16.2. The highest BCUT2D eigenvalue weighted by atomic mass is 35.5. The van der Waals surface area contributed by atoms with Gasteiger partial charge in [0.1, 0.15) is 5.69 Å². The maximum atomic E-state index is 14.6. The Labute approximate surface area is 292 Å². The Balaban J connectivity index is 1.50. The number of allylic oxidation sites excluding steroid dienone is 1. The predicted molar refractivity (Wildman–Crippen MR) is 201 cm³/mol. The fraction of sp³-hybridized carbons (Fsp3) is 0.231. The molecular formula is C39H40Cl2N6O. The molecule has 1 fully saturated rings.